The predicted octanol–water partition coefficient (Wildman–Crippen LogP) is 2.30. The molecular weight excluding hydrogens is 308 g/mol. The van der Waals surface area contributed by atoms with Gasteiger partial charge in [0.15, 0.2) is 0 Å². The van der Waals surface area contributed by atoms with Crippen LogP contribution in [0.1, 0.15) is 25.8 Å². The van der Waals surface area contributed by atoms with Gasteiger partial charge in [-0.05, 0) is 24.1 Å². The quantitative estimate of drug-likeness (QED) is 0.788. The van der Waals surface area contributed by atoms with E-state index in [0.29, 0.717) is 6.42 Å². The van der Waals surface area contributed by atoms with Crippen molar-refractivity contribution < 1.29 is 19.1 Å². The van der Waals surface area contributed by atoms with E-state index in [9.17, 15) is 9.59 Å². The summed E-state index contributed by atoms with van der Waals surface area (Å²) in [6.07, 6.45) is 3.50. The molecule has 0 spiro atoms. The van der Waals surface area contributed by atoms with Crippen molar-refractivity contribution in [1.82, 2.24) is 9.78 Å². The number of hydrogen-bond donors (Lipinski definition) is 0. The summed E-state index contributed by atoms with van der Waals surface area (Å²) in [5.74, 6) is -0.871. The summed E-state index contributed by atoms with van der Waals surface area (Å²) in [6, 6.07) is 9.74. The number of hydrogen-bond acceptors (Lipinski definition) is 5. The molecule has 1 aliphatic rings. The first-order valence-corrected chi connectivity index (χ1v) is 7.91. The summed E-state index contributed by atoms with van der Waals surface area (Å²) in [7, 11) is 0. The molecule has 2 aromatic rings. The Morgan fingerprint density at radius 1 is 1.38 bits per heavy atom. The van der Waals surface area contributed by atoms with Crippen molar-refractivity contribution in [3.63, 3.8) is 0 Å². The number of nitrogens with zero attached hydrogens (tertiary/aromatic N) is 2. The molecule has 2 heterocycles. The summed E-state index contributed by atoms with van der Waals surface area (Å²) in [4.78, 5) is 23.7. The summed E-state index contributed by atoms with van der Waals surface area (Å²) < 4.78 is 12.0. The molecule has 1 aromatic carbocycles. The smallest absolute Gasteiger partial charge is 0.348 e. The van der Waals surface area contributed by atoms with Gasteiger partial charge in [0, 0.05) is 18.0 Å². The first-order valence-electron chi connectivity index (χ1n) is 7.91. The predicted molar refractivity (Wildman–Crippen MR) is 86.5 cm³/mol. The van der Waals surface area contributed by atoms with Gasteiger partial charge < -0.3 is 9.47 Å². The number of carbonyl (C=O) groups is 2. The van der Waals surface area contributed by atoms with E-state index in [2.05, 4.69) is 5.10 Å². The molecule has 126 valence electrons. The Balaban J connectivity index is 1.55. The maximum atomic E-state index is 12.0. The molecule has 1 aliphatic heterocycles. The molecule has 0 amide bonds. The zero-order chi connectivity index (χ0) is 17.2. The van der Waals surface area contributed by atoms with Crippen LogP contribution in [0.25, 0.3) is 5.69 Å². The largest absolute Gasteiger partial charge is 0.462 e. The van der Waals surface area contributed by atoms with E-state index in [-0.39, 0.29) is 13.0 Å². The second-order valence-electron chi connectivity index (χ2n) is 6.59. The van der Waals surface area contributed by atoms with Crippen LogP contribution in [0.2, 0.25) is 0 Å². The van der Waals surface area contributed by atoms with Crippen LogP contribution in [0, 0.1) is 5.41 Å². The van der Waals surface area contributed by atoms with Gasteiger partial charge >= 0.3 is 11.9 Å². The van der Waals surface area contributed by atoms with Crippen molar-refractivity contribution in [3.05, 3.63) is 48.3 Å². The third-order valence-electron chi connectivity index (χ3n) is 4.03. The molecule has 1 fully saturated rings. The summed E-state index contributed by atoms with van der Waals surface area (Å²) in [5, 5.41) is 4.29. The fraction of sp³-hybridized carbons (Fsp3) is 0.389. The van der Waals surface area contributed by atoms with Crippen LogP contribution in [-0.2, 0) is 25.5 Å². The average Bonchev–Trinajstić information content (AvgIpc) is 3.14. The molecule has 6 nitrogen and oxygen atoms in total. The van der Waals surface area contributed by atoms with E-state index in [0.717, 1.165) is 11.3 Å². The lowest BCUT2D eigenvalue weighted by Gasteiger charge is -2.21. The molecule has 1 aromatic heterocycles. The lowest BCUT2D eigenvalue weighted by Crippen LogP contribution is -2.35. The topological polar surface area (TPSA) is 70.4 Å². The number of esters is 2. The molecule has 3 rings (SSSR count). The zero-order valence-electron chi connectivity index (χ0n) is 13.8. The molecule has 1 atom stereocenters. The molecule has 0 unspecified atom stereocenters. The number of para-hydroxylation sites is 1. The molecule has 0 aliphatic carbocycles. The maximum Gasteiger partial charge on any atom is 0.348 e. The Bertz CT molecular complexity index is 736. The van der Waals surface area contributed by atoms with E-state index in [1.165, 1.54) is 0 Å². The van der Waals surface area contributed by atoms with Crippen LogP contribution < -0.4 is 0 Å². The van der Waals surface area contributed by atoms with Crippen molar-refractivity contribution in [3.8, 4) is 5.69 Å². The fourth-order valence-corrected chi connectivity index (χ4v) is 2.58. The minimum atomic E-state index is -0.822. The van der Waals surface area contributed by atoms with Crippen molar-refractivity contribution in [2.75, 3.05) is 6.61 Å². The fourth-order valence-electron chi connectivity index (χ4n) is 2.58. The Morgan fingerprint density at radius 3 is 2.79 bits per heavy atom. The van der Waals surface area contributed by atoms with Crippen LogP contribution in [0.5, 0.6) is 0 Å². The number of benzene rings is 1. The number of aromatic nitrogens is 2. The monoisotopic (exact) mass is 328 g/mol. The first-order chi connectivity index (χ1) is 11.5. The van der Waals surface area contributed by atoms with Gasteiger partial charge in [-0.25, -0.2) is 9.48 Å². The molecule has 1 saturated heterocycles. The third kappa shape index (κ3) is 3.48. The number of carbonyl (C=O) groups excluding carboxylic acids is 2. The van der Waals surface area contributed by atoms with Crippen LogP contribution in [0.3, 0.4) is 0 Å². The number of rotatable bonds is 5. The lowest BCUT2D eigenvalue weighted by atomic mass is 9.90. The summed E-state index contributed by atoms with van der Waals surface area (Å²) >= 11 is 0. The highest BCUT2D eigenvalue weighted by molar-refractivity contribution is 5.81. The summed E-state index contributed by atoms with van der Waals surface area (Å²) in [6.45, 7) is 3.97. The van der Waals surface area contributed by atoms with Crippen molar-refractivity contribution >= 4 is 11.9 Å². The minimum Gasteiger partial charge on any atom is -0.462 e. The molecule has 0 saturated carbocycles. The third-order valence-corrected chi connectivity index (χ3v) is 4.03. The standard InChI is InChI=1S/C18H20N2O4/c1-18(2)12-23-17(22)16(18)24-15(21)9-8-13-10-19-20(11-13)14-6-4-3-5-7-14/h3-7,10-11,16H,8-9,12H2,1-2H3/t16-/m0/s1. The van der Waals surface area contributed by atoms with Crippen LogP contribution in [0.4, 0.5) is 0 Å². The lowest BCUT2D eigenvalue weighted by molar-refractivity contribution is -0.163. The number of aryl methyl sites for hydroxylation is 1. The van der Waals surface area contributed by atoms with Gasteiger partial charge in [0.25, 0.3) is 0 Å². The van der Waals surface area contributed by atoms with E-state index >= 15 is 0 Å². The second-order valence-corrected chi connectivity index (χ2v) is 6.59. The second kappa shape index (κ2) is 6.47. The molecule has 0 radical (unpaired) electrons. The van der Waals surface area contributed by atoms with Gasteiger partial charge in [-0.3, -0.25) is 4.79 Å². The Hall–Kier alpha value is -2.63. The van der Waals surface area contributed by atoms with E-state index < -0.39 is 23.5 Å². The van der Waals surface area contributed by atoms with Crippen LogP contribution in [-0.4, -0.2) is 34.4 Å². The Labute approximate surface area is 140 Å². The Morgan fingerprint density at radius 2 is 2.12 bits per heavy atom. The van der Waals surface area contributed by atoms with E-state index in [4.69, 9.17) is 9.47 Å². The number of cyclic esters (lactones) is 1. The van der Waals surface area contributed by atoms with E-state index in [1.807, 2.05) is 50.4 Å². The van der Waals surface area contributed by atoms with Gasteiger partial charge in [0.1, 0.15) is 6.61 Å². The van der Waals surface area contributed by atoms with Gasteiger partial charge in [-0.2, -0.15) is 5.10 Å². The molecule has 0 N–H and O–H groups in total. The molecular formula is C18H20N2O4. The zero-order valence-corrected chi connectivity index (χ0v) is 13.8. The van der Waals surface area contributed by atoms with Crippen molar-refractivity contribution in [2.45, 2.75) is 32.8 Å². The normalized spacial score (nSPS) is 19.1. The SMILES string of the molecule is CC1(C)COC(=O)[C@@H]1OC(=O)CCc1cnn(-c2ccccc2)c1. The number of ether oxygens (including phenoxy) is 2. The van der Waals surface area contributed by atoms with Gasteiger partial charge in [0.2, 0.25) is 6.10 Å². The van der Waals surface area contributed by atoms with Crippen LogP contribution >= 0.6 is 0 Å². The van der Waals surface area contributed by atoms with E-state index in [1.54, 1.807) is 10.9 Å². The first kappa shape index (κ1) is 16.2. The molecule has 6 heteroatoms. The highest BCUT2D eigenvalue weighted by atomic mass is 16.6. The highest BCUT2D eigenvalue weighted by Gasteiger charge is 2.46. The Kier molecular flexibility index (Phi) is 4.38. The van der Waals surface area contributed by atoms with Crippen molar-refractivity contribution in [1.29, 1.82) is 0 Å². The average molecular weight is 328 g/mol. The van der Waals surface area contributed by atoms with Gasteiger partial charge in [-0.1, -0.05) is 32.0 Å². The maximum absolute atomic E-state index is 12.0. The van der Waals surface area contributed by atoms with Crippen LogP contribution in [0.15, 0.2) is 42.7 Å². The van der Waals surface area contributed by atoms with Gasteiger partial charge in [0.05, 0.1) is 11.9 Å². The molecule has 24 heavy (non-hydrogen) atoms. The summed E-state index contributed by atoms with van der Waals surface area (Å²) in [5.41, 5.74) is 1.41. The minimum absolute atomic E-state index is 0.195. The van der Waals surface area contributed by atoms with Crippen molar-refractivity contribution in [2.24, 2.45) is 5.41 Å². The molecule has 0 bridgehead atoms. The highest BCUT2D eigenvalue weighted by Crippen LogP contribution is 2.31. The van der Waals surface area contributed by atoms with Gasteiger partial charge in [-0.15, -0.1) is 0 Å².